The number of hydrogen-bond acceptors (Lipinski definition) is 4. The van der Waals surface area contributed by atoms with Crippen LogP contribution in [0.2, 0.25) is 0 Å². The van der Waals surface area contributed by atoms with Gasteiger partial charge in [-0.05, 0) is 32.0 Å². The highest BCUT2D eigenvalue weighted by atomic mass is 16.4. The number of benzene rings is 1. The van der Waals surface area contributed by atoms with E-state index in [4.69, 9.17) is 9.52 Å². The predicted molar refractivity (Wildman–Crippen MR) is 64.5 cm³/mol. The maximum Gasteiger partial charge on any atom is 0.316 e. The lowest BCUT2D eigenvalue weighted by atomic mass is 9.84. The van der Waals surface area contributed by atoms with Crippen LogP contribution in [0.15, 0.2) is 22.6 Å². The lowest BCUT2D eigenvalue weighted by Gasteiger charge is -2.17. The van der Waals surface area contributed by atoms with E-state index in [1.54, 1.807) is 25.1 Å². The highest BCUT2D eigenvalue weighted by molar-refractivity contribution is 6.12. The highest BCUT2D eigenvalue weighted by Gasteiger charge is 2.36. The van der Waals surface area contributed by atoms with Crippen molar-refractivity contribution in [3.05, 3.63) is 29.7 Å². The Morgan fingerprint density at radius 1 is 1.33 bits per heavy atom. The van der Waals surface area contributed by atoms with Crippen molar-refractivity contribution in [3.63, 3.8) is 0 Å². The summed E-state index contributed by atoms with van der Waals surface area (Å²) in [6.45, 7) is 4.48. The molecule has 2 rings (SSSR count). The molecule has 0 bridgehead atoms. The molecule has 0 unspecified atom stereocenters. The molecule has 18 heavy (non-hydrogen) atoms. The number of oxazole rings is 1. The lowest BCUT2D eigenvalue weighted by Crippen LogP contribution is -2.33. The first kappa shape index (κ1) is 12.3. The molecule has 0 saturated carbocycles. The van der Waals surface area contributed by atoms with Crippen LogP contribution in [0.1, 0.15) is 30.1 Å². The molecule has 0 spiro atoms. The van der Waals surface area contributed by atoms with Crippen LogP contribution >= 0.6 is 0 Å². The number of hydrogen-bond donors (Lipinski definition) is 1. The number of carbonyl (C=O) groups is 2. The smallest absolute Gasteiger partial charge is 0.316 e. The van der Waals surface area contributed by atoms with Gasteiger partial charge < -0.3 is 9.52 Å². The summed E-state index contributed by atoms with van der Waals surface area (Å²) in [4.78, 5) is 27.3. The number of carboxylic acids is 1. The minimum atomic E-state index is -1.45. The molecule has 94 valence electrons. The third-order valence-corrected chi connectivity index (χ3v) is 2.86. The molecule has 2 aromatic rings. The zero-order chi connectivity index (χ0) is 13.5. The number of rotatable bonds is 3. The number of aryl methyl sites for hydroxylation is 1. The van der Waals surface area contributed by atoms with E-state index in [1.807, 2.05) is 0 Å². The molecule has 1 heterocycles. The Kier molecular flexibility index (Phi) is 2.69. The van der Waals surface area contributed by atoms with Crippen LogP contribution in [-0.2, 0) is 4.79 Å². The first-order valence-corrected chi connectivity index (χ1v) is 5.48. The molecule has 0 radical (unpaired) electrons. The number of carboxylic acid groups (broad SMARTS) is 1. The van der Waals surface area contributed by atoms with Crippen LogP contribution in [0.3, 0.4) is 0 Å². The van der Waals surface area contributed by atoms with Crippen molar-refractivity contribution in [2.45, 2.75) is 20.8 Å². The summed E-state index contributed by atoms with van der Waals surface area (Å²) < 4.78 is 5.30. The SMILES string of the molecule is Cc1nc2cc(C(=O)C(C)(C)C(=O)O)ccc2o1. The molecule has 1 N–H and O–H groups in total. The average molecular weight is 247 g/mol. The molecule has 0 aliphatic carbocycles. The van der Waals surface area contributed by atoms with Gasteiger partial charge in [0, 0.05) is 12.5 Å². The summed E-state index contributed by atoms with van der Waals surface area (Å²) in [6, 6.07) is 4.74. The summed E-state index contributed by atoms with van der Waals surface area (Å²) in [5.41, 5.74) is 0.00633. The van der Waals surface area contributed by atoms with E-state index in [9.17, 15) is 9.59 Å². The monoisotopic (exact) mass is 247 g/mol. The van der Waals surface area contributed by atoms with Crippen molar-refractivity contribution in [1.29, 1.82) is 0 Å². The topological polar surface area (TPSA) is 80.4 Å². The van der Waals surface area contributed by atoms with E-state index in [0.717, 1.165) is 0 Å². The Labute approximate surface area is 103 Å². The van der Waals surface area contributed by atoms with Crippen molar-refractivity contribution in [3.8, 4) is 0 Å². The maximum absolute atomic E-state index is 12.1. The van der Waals surface area contributed by atoms with Crippen molar-refractivity contribution in [2.75, 3.05) is 0 Å². The van der Waals surface area contributed by atoms with Gasteiger partial charge in [-0.2, -0.15) is 0 Å². The van der Waals surface area contributed by atoms with Gasteiger partial charge in [0.2, 0.25) is 0 Å². The number of nitrogens with zero attached hydrogens (tertiary/aromatic N) is 1. The Hall–Kier alpha value is -2.17. The van der Waals surface area contributed by atoms with Crippen molar-refractivity contribution < 1.29 is 19.1 Å². The van der Waals surface area contributed by atoms with E-state index >= 15 is 0 Å². The van der Waals surface area contributed by atoms with Gasteiger partial charge in [0.25, 0.3) is 0 Å². The van der Waals surface area contributed by atoms with E-state index in [1.165, 1.54) is 13.8 Å². The summed E-state index contributed by atoms with van der Waals surface area (Å²) >= 11 is 0. The Balaban J connectivity index is 2.48. The second kappa shape index (κ2) is 3.94. The Bertz CT molecular complexity index is 639. The van der Waals surface area contributed by atoms with Crippen LogP contribution in [0.5, 0.6) is 0 Å². The van der Waals surface area contributed by atoms with E-state index in [0.29, 0.717) is 22.6 Å². The second-order valence-electron chi connectivity index (χ2n) is 4.67. The van der Waals surface area contributed by atoms with Crippen molar-refractivity contribution in [2.24, 2.45) is 5.41 Å². The standard InChI is InChI=1S/C13H13NO4/c1-7-14-9-6-8(4-5-10(9)18-7)11(15)13(2,3)12(16)17/h4-6H,1-3H3,(H,16,17). The first-order valence-electron chi connectivity index (χ1n) is 5.48. The van der Waals surface area contributed by atoms with Gasteiger partial charge in [0.15, 0.2) is 17.3 Å². The van der Waals surface area contributed by atoms with E-state index in [-0.39, 0.29) is 0 Å². The van der Waals surface area contributed by atoms with Gasteiger partial charge in [0.1, 0.15) is 10.9 Å². The number of fused-ring (bicyclic) bond motifs is 1. The van der Waals surface area contributed by atoms with Gasteiger partial charge in [-0.25, -0.2) is 4.98 Å². The maximum atomic E-state index is 12.1. The molecule has 0 aliphatic rings. The summed E-state index contributed by atoms with van der Waals surface area (Å²) in [6.07, 6.45) is 0. The fourth-order valence-corrected chi connectivity index (χ4v) is 1.64. The molecule has 5 heteroatoms. The molecule has 1 aromatic heterocycles. The molecule has 0 amide bonds. The molecular formula is C13H13NO4. The molecule has 0 atom stereocenters. The Morgan fingerprint density at radius 3 is 2.61 bits per heavy atom. The zero-order valence-electron chi connectivity index (χ0n) is 10.4. The van der Waals surface area contributed by atoms with Crippen LogP contribution < -0.4 is 0 Å². The first-order chi connectivity index (χ1) is 8.32. The van der Waals surface area contributed by atoms with E-state index in [2.05, 4.69) is 4.98 Å². The normalized spacial score (nSPS) is 11.7. The van der Waals surface area contributed by atoms with Crippen LogP contribution in [0.4, 0.5) is 0 Å². The number of carbonyl (C=O) groups excluding carboxylic acids is 1. The predicted octanol–water partition coefficient (Wildman–Crippen LogP) is 2.43. The van der Waals surface area contributed by atoms with Crippen molar-refractivity contribution >= 4 is 22.9 Å². The van der Waals surface area contributed by atoms with Gasteiger partial charge in [0.05, 0.1) is 0 Å². The molecule has 0 aliphatic heterocycles. The largest absolute Gasteiger partial charge is 0.481 e. The number of Topliss-reactive ketones (excluding diaryl/α,β-unsaturated/α-hetero) is 1. The van der Waals surface area contributed by atoms with Gasteiger partial charge in [-0.3, -0.25) is 9.59 Å². The van der Waals surface area contributed by atoms with Gasteiger partial charge >= 0.3 is 5.97 Å². The van der Waals surface area contributed by atoms with Crippen LogP contribution in [0, 0.1) is 12.3 Å². The minimum absolute atomic E-state index is 0.322. The minimum Gasteiger partial charge on any atom is -0.481 e. The second-order valence-corrected chi connectivity index (χ2v) is 4.67. The quantitative estimate of drug-likeness (QED) is 0.665. The molecular weight excluding hydrogens is 234 g/mol. The Morgan fingerprint density at radius 2 is 2.00 bits per heavy atom. The summed E-state index contributed by atoms with van der Waals surface area (Å²) in [7, 11) is 0. The highest BCUT2D eigenvalue weighted by Crippen LogP contribution is 2.25. The molecule has 1 aromatic carbocycles. The lowest BCUT2D eigenvalue weighted by molar-refractivity contribution is -0.144. The summed E-state index contributed by atoms with van der Waals surface area (Å²) in [5.74, 6) is -1.09. The number of ketones is 1. The fourth-order valence-electron chi connectivity index (χ4n) is 1.64. The number of aromatic nitrogens is 1. The van der Waals surface area contributed by atoms with E-state index < -0.39 is 17.2 Å². The molecule has 5 nitrogen and oxygen atoms in total. The van der Waals surface area contributed by atoms with Gasteiger partial charge in [-0.15, -0.1) is 0 Å². The average Bonchev–Trinajstić information content (AvgIpc) is 2.66. The number of aliphatic carboxylic acids is 1. The van der Waals surface area contributed by atoms with Crippen LogP contribution in [-0.4, -0.2) is 21.8 Å². The molecule has 0 fully saturated rings. The van der Waals surface area contributed by atoms with Crippen LogP contribution in [0.25, 0.3) is 11.1 Å². The zero-order valence-corrected chi connectivity index (χ0v) is 10.4. The molecule has 0 saturated heterocycles. The van der Waals surface area contributed by atoms with Crippen molar-refractivity contribution in [1.82, 2.24) is 4.98 Å². The third-order valence-electron chi connectivity index (χ3n) is 2.86. The summed E-state index contributed by atoms with van der Waals surface area (Å²) in [5, 5.41) is 9.04. The van der Waals surface area contributed by atoms with Gasteiger partial charge in [-0.1, -0.05) is 0 Å². The fraction of sp³-hybridized carbons (Fsp3) is 0.308. The third kappa shape index (κ3) is 1.88.